The molecule has 1 aromatic carbocycles. The lowest BCUT2D eigenvalue weighted by molar-refractivity contribution is 0.288. The standard InChI is InChI=1S/C14H15N3O3/c1-16-11-15-17(14(16)19)8-10-20-13-6-4-12(5-7-13)3-2-9-18/h4-7,11,18H,8-10H2,1H3. The fourth-order valence-electron chi connectivity index (χ4n) is 1.60. The van der Waals surface area contributed by atoms with E-state index in [4.69, 9.17) is 9.84 Å². The third kappa shape index (κ3) is 3.49. The van der Waals surface area contributed by atoms with Crippen LogP contribution in [-0.2, 0) is 13.6 Å². The molecule has 0 saturated heterocycles. The fraction of sp³-hybridized carbons (Fsp3) is 0.286. The molecule has 0 radical (unpaired) electrons. The average molecular weight is 273 g/mol. The molecular formula is C14H15N3O3. The monoisotopic (exact) mass is 273 g/mol. The quantitative estimate of drug-likeness (QED) is 0.796. The van der Waals surface area contributed by atoms with E-state index in [1.54, 1.807) is 19.2 Å². The van der Waals surface area contributed by atoms with Gasteiger partial charge in [0.1, 0.15) is 25.3 Å². The van der Waals surface area contributed by atoms with E-state index in [9.17, 15) is 4.79 Å². The Morgan fingerprint density at radius 2 is 2.10 bits per heavy atom. The van der Waals surface area contributed by atoms with E-state index in [1.807, 2.05) is 12.1 Å². The van der Waals surface area contributed by atoms with Crippen molar-refractivity contribution in [1.29, 1.82) is 0 Å². The predicted molar refractivity (Wildman–Crippen MR) is 73.4 cm³/mol. The van der Waals surface area contributed by atoms with Crippen molar-refractivity contribution in [2.24, 2.45) is 7.05 Å². The molecule has 0 aliphatic carbocycles. The van der Waals surface area contributed by atoms with Crippen molar-refractivity contribution in [3.8, 4) is 17.6 Å². The molecule has 0 aliphatic heterocycles. The Labute approximate surface area is 116 Å². The first kappa shape index (κ1) is 13.9. The summed E-state index contributed by atoms with van der Waals surface area (Å²) in [6, 6.07) is 7.21. The van der Waals surface area contributed by atoms with Gasteiger partial charge in [0.05, 0.1) is 6.54 Å². The van der Waals surface area contributed by atoms with Gasteiger partial charge in [-0.05, 0) is 24.3 Å². The first-order chi connectivity index (χ1) is 9.70. The molecule has 0 atom stereocenters. The SMILES string of the molecule is Cn1cnn(CCOc2ccc(C#CCO)cc2)c1=O. The highest BCUT2D eigenvalue weighted by Crippen LogP contribution is 2.11. The van der Waals surface area contributed by atoms with Gasteiger partial charge in [-0.15, -0.1) is 0 Å². The maximum atomic E-state index is 11.5. The number of rotatable bonds is 4. The lowest BCUT2D eigenvalue weighted by Crippen LogP contribution is -2.25. The van der Waals surface area contributed by atoms with E-state index in [2.05, 4.69) is 16.9 Å². The predicted octanol–water partition coefficient (Wildman–Crippen LogP) is 0.00460. The Balaban J connectivity index is 1.88. The van der Waals surface area contributed by atoms with Gasteiger partial charge in [-0.25, -0.2) is 9.48 Å². The Morgan fingerprint density at radius 1 is 1.35 bits per heavy atom. The number of aromatic nitrogens is 3. The zero-order valence-corrected chi connectivity index (χ0v) is 11.1. The minimum absolute atomic E-state index is 0.156. The van der Waals surface area contributed by atoms with Crippen LogP contribution in [0.15, 0.2) is 35.4 Å². The second-order valence-electron chi connectivity index (χ2n) is 4.08. The van der Waals surface area contributed by atoms with Crippen LogP contribution < -0.4 is 10.4 Å². The van der Waals surface area contributed by atoms with Crippen molar-refractivity contribution in [1.82, 2.24) is 14.3 Å². The van der Waals surface area contributed by atoms with E-state index >= 15 is 0 Å². The Kier molecular flexibility index (Phi) is 4.58. The second kappa shape index (κ2) is 6.59. The van der Waals surface area contributed by atoms with Gasteiger partial charge >= 0.3 is 5.69 Å². The zero-order chi connectivity index (χ0) is 14.4. The second-order valence-corrected chi connectivity index (χ2v) is 4.08. The van der Waals surface area contributed by atoms with Crippen molar-refractivity contribution in [2.45, 2.75) is 6.54 Å². The number of aliphatic hydroxyl groups is 1. The number of benzene rings is 1. The average Bonchev–Trinajstić information content (AvgIpc) is 2.78. The number of hydrogen-bond acceptors (Lipinski definition) is 4. The van der Waals surface area contributed by atoms with Crippen LogP contribution in [0.3, 0.4) is 0 Å². The first-order valence-corrected chi connectivity index (χ1v) is 6.12. The molecule has 1 N–H and O–H groups in total. The Morgan fingerprint density at radius 3 is 2.70 bits per heavy atom. The van der Waals surface area contributed by atoms with Gasteiger partial charge in [0.15, 0.2) is 0 Å². The molecule has 0 unspecified atom stereocenters. The molecule has 1 heterocycles. The molecule has 20 heavy (non-hydrogen) atoms. The number of aryl methyl sites for hydroxylation is 1. The molecule has 0 spiro atoms. The van der Waals surface area contributed by atoms with Crippen molar-refractivity contribution < 1.29 is 9.84 Å². The van der Waals surface area contributed by atoms with Crippen LogP contribution in [0.25, 0.3) is 0 Å². The number of aliphatic hydroxyl groups excluding tert-OH is 1. The molecule has 0 saturated carbocycles. The molecular weight excluding hydrogens is 258 g/mol. The summed E-state index contributed by atoms with van der Waals surface area (Å²) >= 11 is 0. The molecule has 2 rings (SSSR count). The van der Waals surface area contributed by atoms with E-state index in [-0.39, 0.29) is 12.3 Å². The number of hydrogen-bond donors (Lipinski definition) is 1. The summed E-state index contributed by atoms with van der Waals surface area (Å²) in [6.45, 7) is 0.599. The van der Waals surface area contributed by atoms with Gasteiger partial charge in [-0.2, -0.15) is 5.10 Å². The van der Waals surface area contributed by atoms with E-state index in [0.29, 0.717) is 18.9 Å². The minimum Gasteiger partial charge on any atom is -0.492 e. The van der Waals surface area contributed by atoms with Crippen molar-refractivity contribution in [3.63, 3.8) is 0 Å². The summed E-state index contributed by atoms with van der Waals surface area (Å²) in [5.74, 6) is 6.07. The summed E-state index contributed by atoms with van der Waals surface area (Å²) in [5, 5.41) is 12.5. The summed E-state index contributed by atoms with van der Waals surface area (Å²) in [6.07, 6.45) is 1.47. The third-order valence-corrected chi connectivity index (χ3v) is 2.62. The van der Waals surface area contributed by atoms with E-state index < -0.39 is 0 Å². The van der Waals surface area contributed by atoms with Crippen molar-refractivity contribution >= 4 is 0 Å². The number of nitrogens with zero attached hydrogens (tertiary/aromatic N) is 3. The fourth-order valence-corrected chi connectivity index (χ4v) is 1.60. The third-order valence-electron chi connectivity index (χ3n) is 2.62. The van der Waals surface area contributed by atoms with Gasteiger partial charge in [-0.3, -0.25) is 4.57 Å². The van der Waals surface area contributed by atoms with E-state index in [1.165, 1.54) is 15.6 Å². The van der Waals surface area contributed by atoms with Crippen LogP contribution in [0.1, 0.15) is 5.56 Å². The lowest BCUT2D eigenvalue weighted by atomic mass is 10.2. The molecule has 0 fully saturated rings. The van der Waals surface area contributed by atoms with Crippen LogP contribution in [0.2, 0.25) is 0 Å². The zero-order valence-electron chi connectivity index (χ0n) is 11.1. The minimum atomic E-state index is -0.164. The molecule has 0 aliphatic rings. The van der Waals surface area contributed by atoms with Crippen LogP contribution in [0.5, 0.6) is 5.75 Å². The normalized spacial score (nSPS) is 9.90. The molecule has 104 valence electrons. The van der Waals surface area contributed by atoms with Crippen LogP contribution >= 0.6 is 0 Å². The van der Waals surface area contributed by atoms with Gasteiger partial charge in [0.25, 0.3) is 0 Å². The summed E-state index contributed by atoms with van der Waals surface area (Å²) in [5.41, 5.74) is 0.649. The Bertz CT molecular complexity index is 674. The Hall–Kier alpha value is -2.52. The summed E-state index contributed by atoms with van der Waals surface area (Å²) < 4.78 is 8.29. The van der Waals surface area contributed by atoms with Gasteiger partial charge in [0, 0.05) is 12.6 Å². The maximum absolute atomic E-state index is 11.5. The largest absolute Gasteiger partial charge is 0.492 e. The van der Waals surface area contributed by atoms with Crippen molar-refractivity contribution in [3.05, 3.63) is 46.6 Å². The van der Waals surface area contributed by atoms with Crippen LogP contribution in [-0.4, -0.2) is 32.7 Å². The molecule has 1 aromatic heterocycles. The highest BCUT2D eigenvalue weighted by atomic mass is 16.5. The van der Waals surface area contributed by atoms with E-state index in [0.717, 1.165) is 5.56 Å². The summed E-state index contributed by atoms with van der Waals surface area (Å²) in [7, 11) is 1.65. The molecule has 0 bridgehead atoms. The molecule has 6 heteroatoms. The van der Waals surface area contributed by atoms with Gasteiger partial charge in [-0.1, -0.05) is 11.8 Å². The smallest absolute Gasteiger partial charge is 0.345 e. The summed E-state index contributed by atoms with van der Waals surface area (Å²) in [4.78, 5) is 11.5. The lowest BCUT2D eigenvalue weighted by Gasteiger charge is -2.05. The highest BCUT2D eigenvalue weighted by Gasteiger charge is 2.01. The molecule has 2 aromatic rings. The first-order valence-electron chi connectivity index (χ1n) is 6.12. The highest BCUT2D eigenvalue weighted by molar-refractivity contribution is 5.38. The van der Waals surface area contributed by atoms with Crippen LogP contribution in [0, 0.1) is 11.8 Å². The molecule has 0 amide bonds. The maximum Gasteiger partial charge on any atom is 0.345 e. The van der Waals surface area contributed by atoms with Crippen molar-refractivity contribution in [2.75, 3.05) is 13.2 Å². The van der Waals surface area contributed by atoms with Crippen LogP contribution in [0.4, 0.5) is 0 Å². The number of ether oxygens (including phenoxy) is 1. The van der Waals surface area contributed by atoms with Gasteiger partial charge < -0.3 is 9.84 Å². The topological polar surface area (TPSA) is 69.3 Å². The van der Waals surface area contributed by atoms with Gasteiger partial charge in [0.2, 0.25) is 0 Å². The molecule has 6 nitrogen and oxygen atoms in total.